The summed E-state index contributed by atoms with van der Waals surface area (Å²) in [6.07, 6.45) is 0.963. The van der Waals surface area contributed by atoms with E-state index in [0.717, 1.165) is 34.9 Å². The highest BCUT2D eigenvalue weighted by molar-refractivity contribution is 9.10. The Balaban J connectivity index is 1.64. The summed E-state index contributed by atoms with van der Waals surface area (Å²) in [7, 11) is 0. The van der Waals surface area contributed by atoms with E-state index in [1.165, 1.54) is 10.4 Å². The Labute approximate surface area is 134 Å². The summed E-state index contributed by atoms with van der Waals surface area (Å²) >= 11 is 5.24. The lowest BCUT2D eigenvalue weighted by atomic mass is 10.1. The third kappa shape index (κ3) is 2.30. The van der Waals surface area contributed by atoms with Crippen molar-refractivity contribution in [1.29, 1.82) is 0 Å². The Morgan fingerprint density at radius 3 is 3.10 bits per heavy atom. The van der Waals surface area contributed by atoms with Crippen LogP contribution in [0.25, 0.3) is 10.9 Å². The van der Waals surface area contributed by atoms with Crippen molar-refractivity contribution in [2.75, 3.05) is 6.54 Å². The van der Waals surface area contributed by atoms with Crippen LogP contribution in [0.4, 0.5) is 0 Å². The molecule has 0 bridgehead atoms. The number of aromatic nitrogens is 1. The van der Waals surface area contributed by atoms with Gasteiger partial charge in [-0.3, -0.25) is 4.79 Å². The molecule has 2 aromatic heterocycles. The van der Waals surface area contributed by atoms with Crippen LogP contribution in [0.1, 0.15) is 20.9 Å². The first-order valence-corrected chi connectivity index (χ1v) is 8.51. The molecule has 0 saturated heterocycles. The molecular weight excluding hydrogens is 348 g/mol. The average Bonchev–Trinajstić information content (AvgIpc) is 3.11. The molecule has 3 heterocycles. The summed E-state index contributed by atoms with van der Waals surface area (Å²) in [5.41, 5.74) is 2.95. The highest BCUT2D eigenvalue weighted by atomic mass is 79.9. The molecule has 1 aliphatic heterocycles. The molecule has 1 amide bonds. The maximum atomic E-state index is 12.7. The Hall–Kier alpha value is -1.59. The molecule has 0 unspecified atom stereocenters. The summed E-state index contributed by atoms with van der Waals surface area (Å²) < 4.78 is 1.01. The largest absolute Gasteiger partial charge is 0.350 e. The number of amides is 1. The molecule has 21 heavy (non-hydrogen) atoms. The first kappa shape index (κ1) is 13.1. The van der Waals surface area contributed by atoms with E-state index in [4.69, 9.17) is 0 Å². The molecule has 3 nitrogen and oxygen atoms in total. The molecule has 1 aliphatic rings. The fourth-order valence-corrected chi connectivity index (χ4v) is 4.06. The highest BCUT2D eigenvalue weighted by Crippen LogP contribution is 2.26. The fraction of sp³-hybridized carbons (Fsp3) is 0.188. The van der Waals surface area contributed by atoms with Crippen molar-refractivity contribution in [3.63, 3.8) is 0 Å². The quantitative estimate of drug-likeness (QED) is 0.693. The van der Waals surface area contributed by atoms with Crippen LogP contribution in [0.3, 0.4) is 0 Å². The number of nitrogens with one attached hydrogen (secondary N) is 1. The number of hydrogen-bond donors (Lipinski definition) is 1. The predicted octanol–water partition coefficient (Wildman–Crippen LogP) is 4.19. The van der Waals surface area contributed by atoms with E-state index in [-0.39, 0.29) is 5.91 Å². The molecule has 0 spiro atoms. The van der Waals surface area contributed by atoms with Gasteiger partial charge in [0.2, 0.25) is 0 Å². The molecule has 106 valence electrons. The number of aromatic amines is 1. The van der Waals surface area contributed by atoms with Gasteiger partial charge in [-0.25, -0.2) is 0 Å². The van der Waals surface area contributed by atoms with Crippen LogP contribution in [0.2, 0.25) is 0 Å². The zero-order valence-electron chi connectivity index (χ0n) is 11.2. The lowest BCUT2D eigenvalue weighted by molar-refractivity contribution is 0.0731. The Morgan fingerprint density at radius 1 is 1.29 bits per heavy atom. The van der Waals surface area contributed by atoms with E-state index in [1.54, 1.807) is 11.3 Å². The second-order valence-electron chi connectivity index (χ2n) is 5.26. The summed E-state index contributed by atoms with van der Waals surface area (Å²) in [5, 5.41) is 3.17. The minimum absolute atomic E-state index is 0.0826. The molecule has 1 aromatic carbocycles. The topological polar surface area (TPSA) is 36.1 Å². The van der Waals surface area contributed by atoms with Crippen molar-refractivity contribution in [1.82, 2.24) is 9.88 Å². The van der Waals surface area contributed by atoms with Crippen LogP contribution in [-0.4, -0.2) is 22.3 Å². The number of H-pyrrole nitrogens is 1. The van der Waals surface area contributed by atoms with E-state index in [9.17, 15) is 4.79 Å². The van der Waals surface area contributed by atoms with Gasteiger partial charge in [0.15, 0.2) is 0 Å². The average molecular weight is 361 g/mol. The Morgan fingerprint density at radius 2 is 2.19 bits per heavy atom. The van der Waals surface area contributed by atoms with Crippen molar-refractivity contribution in [2.45, 2.75) is 13.0 Å². The van der Waals surface area contributed by atoms with E-state index >= 15 is 0 Å². The number of halogens is 1. The maximum absolute atomic E-state index is 12.7. The van der Waals surface area contributed by atoms with Gasteiger partial charge in [-0.15, -0.1) is 11.3 Å². The lowest BCUT2D eigenvalue weighted by Crippen LogP contribution is -2.35. The predicted molar refractivity (Wildman–Crippen MR) is 88.8 cm³/mol. The molecule has 0 radical (unpaired) electrons. The summed E-state index contributed by atoms with van der Waals surface area (Å²) in [6, 6.07) is 10.1. The molecule has 0 fully saturated rings. The van der Waals surface area contributed by atoms with Crippen LogP contribution in [-0.2, 0) is 13.0 Å². The van der Waals surface area contributed by atoms with Gasteiger partial charge < -0.3 is 9.88 Å². The van der Waals surface area contributed by atoms with E-state index in [2.05, 4.69) is 32.4 Å². The molecule has 0 saturated carbocycles. The molecule has 5 heteroatoms. The lowest BCUT2D eigenvalue weighted by Gasteiger charge is -2.26. The molecule has 1 N–H and O–H groups in total. The van der Waals surface area contributed by atoms with Gasteiger partial charge in [-0.05, 0) is 41.6 Å². The SMILES string of the molecule is O=C(c1cc2ccc(Br)cc2[nH]1)N1CCc2sccc2C1. The summed E-state index contributed by atoms with van der Waals surface area (Å²) in [4.78, 5) is 19.2. The molecule has 0 atom stereocenters. The van der Waals surface area contributed by atoms with Gasteiger partial charge in [-0.2, -0.15) is 0 Å². The van der Waals surface area contributed by atoms with Crippen LogP contribution in [0.15, 0.2) is 40.2 Å². The number of nitrogens with zero attached hydrogens (tertiary/aromatic N) is 1. The van der Waals surface area contributed by atoms with Crippen molar-refractivity contribution in [2.24, 2.45) is 0 Å². The normalized spacial score (nSPS) is 14.4. The number of benzene rings is 1. The first-order valence-electron chi connectivity index (χ1n) is 6.83. The monoisotopic (exact) mass is 360 g/mol. The number of carbonyl (C=O) groups excluding carboxylic acids is 1. The van der Waals surface area contributed by atoms with E-state index in [1.807, 2.05) is 29.2 Å². The first-order chi connectivity index (χ1) is 10.2. The zero-order valence-corrected chi connectivity index (χ0v) is 13.6. The van der Waals surface area contributed by atoms with Crippen LogP contribution in [0, 0.1) is 0 Å². The zero-order chi connectivity index (χ0) is 14.4. The van der Waals surface area contributed by atoms with Gasteiger partial charge in [0.1, 0.15) is 5.69 Å². The smallest absolute Gasteiger partial charge is 0.270 e. The van der Waals surface area contributed by atoms with Gasteiger partial charge in [0, 0.05) is 33.3 Å². The number of fused-ring (bicyclic) bond motifs is 2. The molecule has 4 rings (SSSR count). The maximum Gasteiger partial charge on any atom is 0.270 e. The Kier molecular flexibility index (Phi) is 3.12. The minimum Gasteiger partial charge on any atom is -0.350 e. The second kappa shape index (κ2) is 5.00. The van der Waals surface area contributed by atoms with Crippen molar-refractivity contribution >= 4 is 44.1 Å². The van der Waals surface area contributed by atoms with Crippen molar-refractivity contribution in [3.8, 4) is 0 Å². The fourth-order valence-electron chi connectivity index (χ4n) is 2.81. The molecule has 0 aliphatic carbocycles. The third-order valence-corrected chi connectivity index (χ3v) is 5.43. The van der Waals surface area contributed by atoms with Gasteiger partial charge in [0.25, 0.3) is 5.91 Å². The van der Waals surface area contributed by atoms with Gasteiger partial charge in [-0.1, -0.05) is 22.0 Å². The van der Waals surface area contributed by atoms with Crippen molar-refractivity contribution < 1.29 is 4.79 Å². The van der Waals surface area contributed by atoms with Crippen LogP contribution >= 0.6 is 27.3 Å². The summed E-state index contributed by atoms with van der Waals surface area (Å²) in [6.45, 7) is 1.52. The molecule has 3 aromatic rings. The second-order valence-corrected chi connectivity index (χ2v) is 7.18. The van der Waals surface area contributed by atoms with Gasteiger partial charge >= 0.3 is 0 Å². The molecular formula is C16H13BrN2OS. The summed E-state index contributed by atoms with van der Waals surface area (Å²) in [5.74, 6) is 0.0826. The standard InChI is InChI=1S/C16H13BrN2OS/c17-12-2-1-10-7-14(18-13(10)8-12)16(20)19-5-3-15-11(9-19)4-6-21-15/h1-2,4,6-8,18H,3,5,9H2. The van der Waals surface area contributed by atoms with Crippen LogP contribution < -0.4 is 0 Å². The number of thiophene rings is 1. The van der Waals surface area contributed by atoms with Gasteiger partial charge in [0.05, 0.1) is 0 Å². The number of rotatable bonds is 1. The van der Waals surface area contributed by atoms with E-state index in [0.29, 0.717) is 5.69 Å². The Bertz CT molecular complexity index is 836. The number of hydrogen-bond acceptors (Lipinski definition) is 2. The number of carbonyl (C=O) groups is 1. The third-order valence-electron chi connectivity index (χ3n) is 3.91. The van der Waals surface area contributed by atoms with Crippen molar-refractivity contribution in [3.05, 3.63) is 56.3 Å². The minimum atomic E-state index is 0.0826. The highest BCUT2D eigenvalue weighted by Gasteiger charge is 2.23. The van der Waals surface area contributed by atoms with Crippen LogP contribution in [0.5, 0.6) is 0 Å². The van der Waals surface area contributed by atoms with E-state index < -0.39 is 0 Å².